The summed E-state index contributed by atoms with van der Waals surface area (Å²) < 4.78 is 5.43. The van der Waals surface area contributed by atoms with Crippen LogP contribution >= 0.6 is 0 Å². The van der Waals surface area contributed by atoms with Gasteiger partial charge in [-0.2, -0.15) is 0 Å². The van der Waals surface area contributed by atoms with E-state index in [0.717, 1.165) is 27.9 Å². The number of nitrogens with two attached hydrogens (primary N) is 1. The number of aromatic nitrogens is 1. The van der Waals surface area contributed by atoms with E-state index in [1.54, 1.807) is 24.3 Å². The van der Waals surface area contributed by atoms with Crippen molar-refractivity contribution < 1.29 is 9.53 Å². The zero-order valence-electron chi connectivity index (χ0n) is 12.4. The van der Waals surface area contributed by atoms with Crippen LogP contribution in [0, 0.1) is 6.92 Å². The molecule has 4 nitrogen and oxygen atoms in total. The highest BCUT2D eigenvalue weighted by Gasteiger charge is 2.17. The molecule has 3 rings (SSSR count). The first kappa shape index (κ1) is 14.4. The number of carbonyl (C=O) groups is 1. The van der Waals surface area contributed by atoms with Crippen molar-refractivity contribution in [2.75, 3.05) is 13.2 Å². The minimum Gasteiger partial charge on any atom is -0.492 e. The Balaban J connectivity index is 1.94. The molecule has 0 bridgehead atoms. The lowest BCUT2D eigenvalue weighted by molar-refractivity contribution is 0.103. The topological polar surface area (TPSA) is 68.1 Å². The molecule has 0 spiro atoms. The largest absolute Gasteiger partial charge is 0.492 e. The molecule has 0 saturated heterocycles. The third-order valence-electron chi connectivity index (χ3n) is 3.62. The van der Waals surface area contributed by atoms with Crippen LogP contribution in [-0.4, -0.2) is 23.9 Å². The van der Waals surface area contributed by atoms with E-state index in [2.05, 4.69) is 4.98 Å². The number of fused-ring (bicyclic) bond motifs is 1. The molecule has 0 atom stereocenters. The van der Waals surface area contributed by atoms with E-state index in [-0.39, 0.29) is 5.78 Å². The number of aryl methyl sites for hydroxylation is 1. The van der Waals surface area contributed by atoms with Crippen LogP contribution in [-0.2, 0) is 0 Å². The van der Waals surface area contributed by atoms with Crippen LogP contribution in [0.15, 0.2) is 48.5 Å². The fourth-order valence-electron chi connectivity index (χ4n) is 2.59. The van der Waals surface area contributed by atoms with Crippen molar-refractivity contribution in [1.82, 2.24) is 4.98 Å². The van der Waals surface area contributed by atoms with E-state index in [1.165, 1.54) is 0 Å². The van der Waals surface area contributed by atoms with Crippen LogP contribution < -0.4 is 10.5 Å². The zero-order chi connectivity index (χ0) is 15.5. The maximum Gasteiger partial charge on any atom is 0.195 e. The van der Waals surface area contributed by atoms with Gasteiger partial charge in [-0.05, 0) is 37.3 Å². The second kappa shape index (κ2) is 6.03. The van der Waals surface area contributed by atoms with Gasteiger partial charge in [-0.3, -0.25) is 4.79 Å². The number of ether oxygens (including phenoxy) is 1. The molecule has 0 aliphatic carbocycles. The first-order valence-corrected chi connectivity index (χ1v) is 7.25. The van der Waals surface area contributed by atoms with Crippen LogP contribution in [0.1, 0.15) is 21.6 Å². The molecule has 1 aromatic heterocycles. The predicted octanol–water partition coefficient (Wildman–Crippen LogP) is 3.04. The number of para-hydroxylation sites is 1. The van der Waals surface area contributed by atoms with Crippen LogP contribution in [0.25, 0.3) is 10.9 Å². The molecule has 0 aliphatic rings. The van der Waals surface area contributed by atoms with Crippen molar-refractivity contribution in [2.24, 2.45) is 5.73 Å². The summed E-state index contributed by atoms with van der Waals surface area (Å²) in [5, 5.41) is 0.952. The summed E-state index contributed by atoms with van der Waals surface area (Å²) in [5.41, 5.74) is 8.64. The standard InChI is InChI=1S/C18H18N2O2/c1-12-17(15-4-2-3-5-16(15)20-12)18(21)13-6-8-14(9-7-13)22-11-10-19/h2-9,20H,10-11,19H2,1H3. The van der Waals surface area contributed by atoms with E-state index in [1.807, 2.05) is 31.2 Å². The van der Waals surface area contributed by atoms with Crippen LogP contribution in [0.2, 0.25) is 0 Å². The van der Waals surface area contributed by atoms with Crippen molar-refractivity contribution in [3.05, 3.63) is 65.4 Å². The summed E-state index contributed by atoms with van der Waals surface area (Å²) >= 11 is 0. The molecule has 3 N–H and O–H groups in total. The van der Waals surface area contributed by atoms with Gasteiger partial charge in [-0.15, -0.1) is 0 Å². The summed E-state index contributed by atoms with van der Waals surface area (Å²) in [6, 6.07) is 15.0. The lowest BCUT2D eigenvalue weighted by Gasteiger charge is -2.06. The van der Waals surface area contributed by atoms with Crippen molar-refractivity contribution in [3.63, 3.8) is 0 Å². The maximum atomic E-state index is 12.8. The number of aromatic amines is 1. The molecule has 4 heteroatoms. The Morgan fingerprint density at radius 1 is 1.14 bits per heavy atom. The maximum absolute atomic E-state index is 12.8. The fraction of sp³-hybridized carbons (Fsp3) is 0.167. The van der Waals surface area contributed by atoms with E-state index >= 15 is 0 Å². The Morgan fingerprint density at radius 2 is 1.86 bits per heavy atom. The van der Waals surface area contributed by atoms with Gasteiger partial charge in [0.1, 0.15) is 12.4 Å². The third kappa shape index (κ3) is 2.61. The number of nitrogens with one attached hydrogen (secondary N) is 1. The van der Waals surface area contributed by atoms with Gasteiger partial charge in [0, 0.05) is 28.7 Å². The van der Waals surface area contributed by atoms with Crippen LogP contribution in [0.5, 0.6) is 5.75 Å². The quantitative estimate of drug-likeness (QED) is 0.711. The number of rotatable bonds is 5. The molecule has 2 aromatic carbocycles. The molecule has 0 amide bonds. The molecule has 0 fully saturated rings. The van der Waals surface area contributed by atoms with Gasteiger partial charge in [0.2, 0.25) is 0 Å². The molecule has 0 aliphatic heterocycles. The van der Waals surface area contributed by atoms with Crippen molar-refractivity contribution >= 4 is 16.7 Å². The van der Waals surface area contributed by atoms with E-state index < -0.39 is 0 Å². The highest BCUT2D eigenvalue weighted by Crippen LogP contribution is 2.25. The minimum atomic E-state index is 0.0142. The lowest BCUT2D eigenvalue weighted by atomic mass is 10.0. The monoisotopic (exact) mass is 294 g/mol. The summed E-state index contributed by atoms with van der Waals surface area (Å²) in [7, 11) is 0. The van der Waals surface area contributed by atoms with E-state index in [0.29, 0.717) is 18.7 Å². The van der Waals surface area contributed by atoms with E-state index in [9.17, 15) is 4.79 Å². The number of H-pyrrole nitrogens is 1. The van der Waals surface area contributed by atoms with Gasteiger partial charge in [0.25, 0.3) is 0 Å². The molecule has 22 heavy (non-hydrogen) atoms. The SMILES string of the molecule is Cc1[nH]c2ccccc2c1C(=O)c1ccc(OCCN)cc1. The third-order valence-corrected chi connectivity index (χ3v) is 3.62. The number of ketones is 1. The summed E-state index contributed by atoms with van der Waals surface area (Å²) in [5.74, 6) is 0.734. The highest BCUT2D eigenvalue weighted by molar-refractivity contribution is 6.17. The minimum absolute atomic E-state index is 0.0142. The van der Waals surface area contributed by atoms with Crippen LogP contribution in [0.4, 0.5) is 0 Å². The molecule has 112 valence electrons. The van der Waals surface area contributed by atoms with Gasteiger partial charge in [0.15, 0.2) is 5.78 Å². The van der Waals surface area contributed by atoms with Gasteiger partial charge < -0.3 is 15.5 Å². The van der Waals surface area contributed by atoms with Crippen LogP contribution in [0.3, 0.4) is 0 Å². The van der Waals surface area contributed by atoms with E-state index in [4.69, 9.17) is 10.5 Å². The number of hydrogen-bond donors (Lipinski definition) is 2. The number of hydrogen-bond acceptors (Lipinski definition) is 3. The summed E-state index contributed by atoms with van der Waals surface area (Å²) in [6.45, 7) is 2.86. The normalized spacial score (nSPS) is 10.8. The van der Waals surface area contributed by atoms with Gasteiger partial charge in [0.05, 0.1) is 5.56 Å². The lowest BCUT2D eigenvalue weighted by Crippen LogP contribution is -2.10. The first-order chi connectivity index (χ1) is 10.7. The molecule has 1 heterocycles. The average Bonchev–Trinajstić information content (AvgIpc) is 2.88. The molecular weight excluding hydrogens is 276 g/mol. The Labute approximate surface area is 128 Å². The van der Waals surface area contributed by atoms with Gasteiger partial charge in [-0.1, -0.05) is 18.2 Å². The van der Waals surface area contributed by atoms with Crippen molar-refractivity contribution in [3.8, 4) is 5.75 Å². The highest BCUT2D eigenvalue weighted by atomic mass is 16.5. The predicted molar refractivity (Wildman–Crippen MR) is 87.5 cm³/mol. The summed E-state index contributed by atoms with van der Waals surface area (Å²) in [6.07, 6.45) is 0. The molecule has 0 unspecified atom stereocenters. The van der Waals surface area contributed by atoms with Crippen molar-refractivity contribution in [1.29, 1.82) is 0 Å². The Morgan fingerprint density at radius 3 is 2.59 bits per heavy atom. The zero-order valence-corrected chi connectivity index (χ0v) is 12.4. The molecular formula is C18H18N2O2. The molecule has 0 saturated carbocycles. The van der Waals surface area contributed by atoms with Crippen molar-refractivity contribution in [2.45, 2.75) is 6.92 Å². The number of carbonyl (C=O) groups excluding carboxylic acids is 1. The first-order valence-electron chi connectivity index (χ1n) is 7.25. The molecule has 3 aromatic rings. The molecule has 0 radical (unpaired) electrons. The van der Waals surface area contributed by atoms with Gasteiger partial charge >= 0.3 is 0 Å². The fourth-order valence-corrected chi connectivity index (χ4v) is 2.59. The number of benzene rings is 2. The Kier molecular flexibility index (Phi) is 3.94. The second-order valence-electron chi connectivity index (χ2n) is 5.16. The Bertz CT molecular complexity index is 804. The Hall–Kier alpha value is -2.59. The van der Waals surface area contributed by atoms with Gasteiger partial charge in [-0.25, -0.2) is 0 Å². The smallest absolute Gasteiger partial charge is 0.195 e. The second-order valence-corrected chi connectivity index (χ2v) is 5.16. The summed E-state index contributed by atoms with van der Waals surface area (Å²) in [4.78, 5) is 16.0. The average molecular weight is 294 g/mol.